The second kappa shape index (κ2) is 11.1. The van der Waals surface area contributed by atoms with Gasteiger partial charge in [-0.1, -0.05) is 6.58 Å². The SMILES string of the molecule is C=C(C)C(=O)OCCO.OCC(O)CO. The van der Waals surface area contributed by atoms with Crippen LogP contribution in [-0.2, 0) is 9.53 Å². The van der Waals surface area contributed by atoms with Gasteiger partial charge in [-0.25, -0.2) is 4.79 Å². The van der Waals surface area contributed by atoms with Crippen molar-refractivity contribution >= 4 is 5.97 Å². The first kappa shape index (κ1) is 16.5. The molecule has 0 aromatic heterocycles. The molecule has 0 bridgehead atoms. The zero-order valence-electron chi connectivity index (χ0n) is 8.72. The molecular weight excluding hydrogens is 204 g/mol. The maximum atomic E-state index is 10.5. The van der Waals surface area contributed by atoms with Crippen molar-refractivity contribution < 1.29 is 30.0 Å². The Labute approximate surface area is 88.4 Å². The maximum Gasteiger partial charge on any atom is 0.333 e. The molecule has 15 heavy (non-hydrogen) atoms. The maximum absolute atomic E-state index is 10.5. The molecule has 0 aliphatic carbocycles. The van der Waals surface area contributed by atoms with Crippen molar-refractivity contribution in [2.24, 2.45) is 0 Å². The van der Waals surface area contributed by atoms with Crippen LogP contribution in [0.25, 0.3) is 0 Å². The number of esters is 1. The summed E-state index contributed by atoms with van der Waals surface area (Å²) in [5.74, 6) is -0.455. The predicted octanol–water partition coefficient (Wildman–Crippen LogP) is -1.57. The summed E-state index contributed by atoms with van der Waals surface area (Å²) < 4.78 is 4.46. The van der Waals surface area contributed by atoms with Gasteiger partial charge in [0.2, 0.25) is 0 Å². The molecule has 90 valence electrons. The van der Waals surface area contributed by atoms with Crippen LogP contribution < -0.4 is 0 Å². The number of hydrogen-bond donors (Lipinski definition) is 4. The number of carbonyl (C=O) groups excluding carboxylic acids is 1. The Morgan fingerprint density at radius 2 is 1.80 bits per heavy atom. The summed E-state index contributed by atoms with van der Waals surface area (Å²) in [6.07, 6.45) is -0.954. The summed E-state index contributed by atoms with van der Waals surface area (Å²) in [6, 6.07) is 0. The summed E-state index contributed by atoms with van der Waals surface area (Å²) in [5, 5.41) is 32.2. The Kier molecular flexibility index (Phi) is 12.2. The summed E-state index contributed by atoms with van der Waals surface area (Å²) in [6.45, 7) is 4.09. The van der Waals surface area contributed by atoms with Crippen LogP contribution in [-0.4, -0.2) is 58.9 Å². The van der Waals surface area contributed by atoms with Gasteiger partial charge in [0.15, 0.2) is 0 Å². The molecule has 4 N–H and O–H groups in total. The highest BCUT2D eigenvalue weighted by Gasteiger charge is 1.99. The molecule has 0 radical (unpaired) electrons. The minimum Gasteiger partial charge on any atom is -0.460 e. The van der Waals surface area contributed by atoms with Crippen molar-refractivity contribution in [2.45, 2.75) is 13.0 Å². The van der Waals surface area contributed by atoms with Gasteiger partial charge in [0.25, 0.3) is 0 Å². The van der Waals surface area contributed by atoms with Gasteiger partial charge in [-0.2, -0.15) is 0 Å². The van der Waals surface area contributed by atoms with Crippen LogP contribution in [0, 0.1) is 0 Å². The number of rotatable bonds is 5. The van der Waals surface area contributed by atoms with Gasteiger partial charge in [0, 0.05) is 5.57 Å². The molecule has 0 rings (SSSR count). The van der Waals surface area contributed by atoms with Crippen LogP contribution in [0.3, 0.4) is 0 Å². The van der Waals surface area contributed by atoms with E-state index in [4.69, 9.17) is 20.4 Å². The largest absolute Gasteiger partial charge is 0.460 e. The number of carbonyl (C=O) groups is 1. The third-order valence-corrected chi connectivity index (χ3v) is 1.09. The smallest absolute Gasteiger partial charge is 0.333 e. The molecule has 6 nitrogen and oxygen atoms in total. The monoisotopic (exact) mass is 222 g/mol. The molecule has 0 spiro atoms. The van der Waals surface area contributed by atoms with Crippen LogP contribution in [0.15, 0.2) is 12.2 Å². The average Bonchev–Trinajstić information content (AvgIpc) is 2.25. The lowest BCUT2D eigenvalue weighted by molar-refractivity contribution is -0.139. The Morgan fingerprint density at radius 3 is 2.00 bits per heavy atom. The molecule has 0 aromatic carbocycles. The highest BCUT2D eigenvalue weighted by molar-refractivity contribution is 5.86. The zero-order valence-corrected chi connectivity index (χ0v) is 8.72. The van der Waals surface area contributed by atoms with E-state index in [2.05, 4.69) is 11.3 Å². The van der Waals surface area contributed by atoms with Gasteiger partial charge < -0.3 is 25.2 Å². The van der Waals surface area contributed by atoms with E-state index < -0.39 is 12.1 Å². The van der Waals surface area contributed by atoms with Gasteiger partial charge in [0.1, 0.15) is 12.7 Å². The molecule has 0 saturated carbocycles. The highest BCUT2D eigenvalue weighted by Crippen LogP contribution is 1.89. The lowest BCUT2D eigenvalue weighted by Crippen LogP contribution is -2.15. The first-order chi connectivity index (χ1) is 6.99. The highest BCUT2D eigenvalue weighted by atomic mass is 16.5. The Balaban J connectivity index is 0. The molecule has 0 unspecified atom stereocenters. The third kappa shape index (κ3) is 13.1. The van der Waals surface area contributed by atoms with Gasteiger partial charge >= 0.3 is 5.97 Å². The molecule has 0 aromatic rings. The van der Waals surface area contributed by atoms with Crippen molar-refractivity contribution in [1.29, 1.82) is 0 Å². The van der Waals surface area contributed by atoms with E-state index >= 15 is 0 Å². The average molecular weight is 222 g/mol. The summed E-state index contributed by atoms with van der Waals surface area (Å²) in [7, 11) is 0. The zero-order chi connectivity index (χ0) is 12.3. The second-order valence-corrected chi connectivity index (χ2v) is 2.66. The molecule has 0 aliphatic heterocycles. The summed E-state index contributed by atoms with van der Waals surface area (Å²) in [5.41, 5.74) is 0.350. The van der Waals surface area contributed by atoms with Gasteiger partial charge in [-0.15, -0.1) is 0 Å². The van der Waals surface area contributed by atoms with Gasteiger partial charge in [0.05, 0.1) is 19.8 Å². The van der Waals surface area contributed by atoms with E-state index in [1.54, 1.807) is 6.92 Å². The Morgan fingerprint density at radius 1 is 1.33 bits per heavy atom. The lowest BCUT2D eigenvalue weighted by Gasteiger charge is -1.99. The summed E-state index contributed by atoms with van der Waals surface area (Å²) >= 11 is 0. The minimum absolute atomic E-state index is 0.0473. The number of hydrogen-bond acceptors (Lipinski definition) is 6. The van der Waals surface area contributed by atoms with Crippen molar-refractivity contribution in [1.82, 2.24) is 0 Å². The van der Waals surface area contributed by atoms with Crippen LogP contribution in [0.5, 0.6) is 0 Å². The number of aliphatic hydroxyl groups is 4. The fraction of sp³-hybridized carbons (Fsp3) is 0.667. The quantitative estimate of drug-likeness (QED) is 0.331. The number of ether oxygens (including phenoxy) is 1. The molecule has 0 fully saturated rings. The van der Waals surface area contributed by atoms with Crippen LogP contribution in [0.4, 0.5) is 0 Å². The third-order valence-electron chi connectivity index (χ3n) is 1.09. The standard InChI is InChI=1S/C6H10O3.C3H8O3/c1-5(2)6(8)9-4-3-7;4-1-3(6)2-5/h7H,1,3-4H2,2H3;3-6H,1-2H2. The molecular formula is C9H18O6. The van der Waals surface area contributed by atoms with Gasteiger partial charge in [-0.3, -0.25) is 0 Å². The molecule has 0 saturated heterocycles. The first-order valence-corrected chi connectivity index (χ1v) is 4.32. The molecule has 0 heterocycles. The van der Waals surface area contributed by atoms with E-state index in [-0.39, 0.29) is 26.4 Å². The van der Waals surface area contributed by atoms with E-state index in [0.717, 1.165) is 0 Å². The van der Waals surface area contributed by atoms with Crippen LogP contribution in [0.2, 0.25) is 0 Å². The topological polar surface area (TPSA) is 107 Å². The second-order valence-electron chi connectivity index (χ2n) is 2.66. The normalized spacial score (nSPS) is 9.20. The Bertz CT molecular complexity index is 175. The van der Waals surface area contributed by atoms with E-state index in [1.807, 2.05) is 0 Å². The molecule has 0 atom stereocenters. The van der Waals surface area contributed by atoms with Crippen molar-refractivity contribution in [3.8, 4) is 0 Å². The molecule has 0 aliphatic rings. The van der Waals surface area contributed by atoms with E-state index in [9.17, 15) is 4.79 Å². The molecule has 6 heteroatoms. The fourth-order valence-electron chi connectivity index (χ4n) is 0.319. The van der Waals surface area contributed by atoms with Crippen molar-refractivity contribution in [3.63, 3.8) is 0 Å². The lowest BCUT2D eigenvalue weighted by atomic mass is 10.4. The minimum atomic E-state index is -0.954. The van der Waals surface area contributed by atoms with Crippen molar-refractivity contribution in [3.05, 3.63) is 12.2 Å². The number of aliphatic hydroxyl groups excluding tert-OH is 4. The summed E-state index contributed by atoms with van der Waals surface area (Å²) in [4.78, 5) is 10.5. The van der Waals surface area contributed by atoms with E-state index in [0.29, 0.717) is 5.57 Å². The van der Waals surface area contributed by atoms with E-state index in [1.165, 1.54) is 0 Å². The fourth-order valence-corrected chi connectivity index (χ4v) is 0.319. The van der Waals surface area contributed by atoms with Crippen molar-refractivity contribution in [2.75, 3.05) is 26.4 Å². The first-order valence-electron chi connectivity index (χ1n) is 4.32. The van der Waals surface area contributed by atoms with Gasteiger partial charge in [-0.05, 0) is 6.92 Å². The molecule has 0 amide bonds. The predicted molar refractivity (Wildman–Crippen MR) is 53.0 cm³/mol. The van der Waals surface area contributed by atoms with Crippen LogP contribution in [0.1, 0.15) is 6.92 Å². The Hall–Kier alpha value is -0.950. The van der Waals surface area contributed by atoms with Crippen LogP contribution >= 0.6 is 0 Å².